The van der Waals surface area contributed by atoms with Crippen LogP contribution < -0.4 is 5.32 Å². The highest BCUT2D eigenvalue weighted by atomic mass is 16.4. The van der Waals surface area contributed by atoms with E-state index in [-0.39, 0.29) is 11.6 Å². The van der Waals surface area contributed by atoms with Gasteiger partial charge in [0.05, 0.1) is 0 Å². The van der Waals surface area contributed by atoms with Crippen molar-refractivity contribution in [2.24, 2.45) is 0 Å². The van der Waals surface area contributed by atoms with Crippen molar-refractivity contribution in [2.45, 2.75) is 12.3 Å². The van der Waals surface area contributed by atoms with Crippen molar-refractivity contribution in [2.75, 3.05) is 13.1 Å². The summed E-state index contributed by atoms with van der Waals surface area (Å²) in [5.41, 5.74) is 0.0497. The van der Waals surface area contributed by atoms with Gasteiger partial charge < -0.3 is 14.8 Å². The number of hydrogen-bond donors (Lipinski definition) is 2. The van der Waals surface area contributed by atoms with Crippen LogP contribution in [0.25, 0.3) is 0 Å². The Bertz CT molecular complexity index is 315. The first-order chi connectivity index (χ1) is 6.29. The zero-order valence-electron chi connectivity index (χ0n) is 6.99. The summed E-state index contributed by atoms with van der Waals surface area (Å²) in [6.07, 6.45) is 2.10. The number of rotatable bonds is 2. The molecule has 2 N–H and O–H groups in total. The number of oxazole rings is 1. The predicted molar refractivity (Wildman–Crippen MR) is 43.7 cm³/mol. The Hall–Kier alpha value is -1.36. The van der Waals surface area contributed by atoms with Crippen LogP contribution in [0, 0.1) is 0 Å². The molecule has 0 aliphatic carbocycles. The van der Waals surface area contributed by atoms with E-state index in [1.54, 1.807) is 0 Å². The zero-order valence-corrected chi connectivity index (χ0v) is 6.99. The second-order valence-electron chi connectivity index (χ2n) is 3.06. The van der Waals surface area contributed by atoms with Gasteiger partial charge in [0.2, 0.25) is 0 Å². The third-order valence-electron chi connectivity index (χ3n) is 2.23. The van der Waals surface area contributed by atoms with Gasteiger partial charge in [-0.3, -0.25) is 0 Å². The van der Waals surface area contributed by atoms with Gasteiger partial charge in [-0.1, -0.05) is 0 Å². The van der Waals surface area contributed by atoms with E-state index in [4.69, 9.17) is 9.52 Å². The fraction of sp³-hybridized carbons (Fsp3) is 0.500. The highest BCUT2D eigenvalue weighted by molar-refractivity contribution is 5.86. The third-order valence-corrected chi connectivity index (χ3v) is 2.23. The Labute approximate surface area is 74.8 Å². The number of carbonyl (C=O) groups is 1. The molecule has 1 fully saturated rings. The summed E-state index contributed by atoms with van der Waals surface area (Å²) >= 11 is 0. The van der Waals surface area contributed by atoms with Gasteiger partial charge in [0.25, 0.3) is 0 Å². The average Bonchev–Trinajstić information content (AvgIpc) is 2.74. The monoisotopic (exact) mass is 182 g/mol. The zero-order chi connectivity index (χ0) is 9.26. The Balaban J connectivity index is 2.28. The third kappa shape index (κ3) is 1.42. The number of aromatic carboxylic acids is 1. The van der Waals surface area contributed by atoms with E-state index >= 15 is 0 Å². The molecule has 0 radical (unpaired) electrons. The van der Waals surface area contributed by atoms with Gasteiger partial charge in [-0.05, 0) is 13.0 Å². The predicted octanol–water partition coefficient (Wildman–Crippen LogP) is 0.450. The number of carboxylic acids is 1. The van der Waals surface area contributed by atoms with Crippen LogP contribution in [-0.2, 0) is 0 Å². The summed E-state index contributed by atoms with van der Waals surface area (Å²) in [6, 6.07) is 0. The number of nitrogens with zero attached hydrogens (tertiary/aromatic N) is 1. The maximum Gasteiger partial charge on any atom is 0.358 e. The van der Waals surface area contributed by atoms with Crippen molar-refractivity contribution >= 4 is 5.97 Å². The lowest BCUT2D eigenvalue weighted by Gasteiger charge is -2.03. The minimum Gasteiger partial charge on any atom is -0.476 e. The summed E-state index contributed by atoms with van der Waals surface area (Å²) < 4.78 is 5.08. The first kappa shape index (κ1) is 8.25. The van der Waals surface area contributed by atoms with Gasteiger partial charge in [-0.15, -0.1) is 0 Å². The van der Waals surface area contributed by atoms with Crippen molar-refractivity contribution < 1.29 is 14.3 Å². The molecule has 70 valence electrons. The number of carboxylic acid groups (broad SMARTS) is 1. The van der Waals surface area contributed by atoms with E-state index in [1.165, 1.54) is 6.39 Å². The minimum absolute atomic E-state index is 0.0497. The Morgan fingerprint density at radius 2 is 2.62 bits per heavy atom. The SMILES string of the molecule is O=C(O)c1ncoc1C1CCNC1. The Morgan fingerprint density at radius 3 is 3.23 bits per heavy atom. The van der Waals surface area contributed by atoms with Crippen molar-refractivity contribution in [1.29, 1.82) is 0 Å². The number of nitrogens with one attached hydrogen (secondary N) is 1. The molecule has 0 spiro atoms. The molecule has 1 aromatic heterocycles. The summed E-state index contributed by atoms with van der Waals surface area (Å²) in [7, 11) is 0. The molecule has 2 rings (SSSR count). The van der Waals surface area contributed by atoms with Crippen molar-refractivity contribution in [1.82, 2.24) is 10.3 Å². The maximum absolute atomic E-state index is 10.7. The van der Waals surface area contributed by atoms with Gasteiger partial charge in [0.1, 0.15) is 5.76 Å². The van der Waals surface area contributed by atoms with Crippen LogP contribution in [-0.4, -0.2) is 29.1 Å². The van der Waals surface area contributed by atoms with E-state index < -0.39 is 5.97 Å². The minimum atomic E-state index is -1.02. The molecule has 13 heavy (non-hydrogen) atoms. The molecule has 1 aromatic rings. The fourth-order valence-corrected chi connectivity index (χ4v) is 1.58. The summed E-state index contributed by atoms with van der Waals surface area (Å²) in [4.78, 5) is 14.4. The lowest BCUT2D eigenvalue weighted by Crippen LogP contribution is -2.10. The second kappa shape index (κ2) is 3.18. The molecular weight excluding hydrogens is 172 g/mol. The first-order valence-corrected chi connectivity index (χ1v) is 4.16. The van der Waals surface area contributed by atoms with E-state index in [1.807, 2.05) is 0 Å². The average molecular weight is 182 g/mol. The number of aromatic nitrogens is 1. The summed E-state index contributed by atoms with van der Waals surface area (Å²) in [6.45, 7) is 1.68. The molecule has 0 bridgehead atoms. The molecule has 2 heterocycles. The summed E-state index contributed by atoms with van der Waals surface area (Å²) in [5.74, 6) is -0.359. The molecular formula is C8H10N2O3. The topological polar surface area (TPSA) is 75.4 Å². The summed E-state index contributed by atoms with van der Waals surface area (Å²) in [5, 5.41) is 11.9. The van der Waals surface area contributed by atoms with Crippen LogP contribution >= 0.6 is 0 Å². The van der Waals surface area contributed by atoms with Crippen LogP contribution in [0.5, 0.6) is 0 Å². The molecule has 1 saturated heterocycles. The van der Waals surface area contributed by atoms with Crippen molar-refractivity contribution in [3.63, 3.8) is 0 Å². The van der Waals surface area contributed by atoms with Crippen molar-refractivity contribution in [3.05, 3.63) is 17.8 Å². The van der Waals surface area contributed by atoms with Crippen LogP contribution in [0.1, 0.15) is 28.6 Å². The molecule has 1 aliphatic rings. The van der Waals surface area contributed by atoms with E-state index in [2.05, 4.69) is 10.3 Å². The maximum atomic E-state index is 10.7. The lowest BCUT2D eigenvalue weighted by molar-refractivity contribution is 0.0688. The Kier molecular flexibility index (Phi) is 2.02. The molecule has 1 unspecified atom stereocenters. The van der Waals surface area contributed by atoms with Crippen LogP contribution in [0.3, 0.4) is 0 Å². The first-order valence-electron chi connectivity index (χ1n) is 4.16. The van der Waals surface area contributed by atoms with Crippen LogP contribution in [0.15, 0.2) is 10.8 Å². The smallest absolute Gasteiger partial charge is 0.358 e. The standard InChI is InChI=1S/C8H10N2O3/c11-8(12)6-7(13-4-10-6)5-1-2-9-3-5/h4-5,9H,1-3H2,(H,11,12). The van der Waals surface area contributed by atoms with E-state index in [9.17, 15) is 4.79 Å². The van der Waals surface area contributed by atoms with E-state index in [0.717, 1.165) is 19.5 Å². The van der Waals surface area contributed by atoms with Crippen LogP contribution in [0.2, 0.25) is 0 Å². The quantitative estimate of drug-likeness (QED) is 0.694. The largest absolute Gasteiger partial charge is 0.476 e. The van der Waals surface area contributed by atoms with Crippen LogP contribution in [0.4, 0.5) is 0 Å². The molecule has 0 amide bonds. The van der Waals surface area contributed by atoms with Gasteiger partial charge in [0.15, 0.2) is 12.1 Å². The highest BCUT2D eigenvalue weighted by Gasteiger charge is 2.26. The molecule has 1 atom stereocenters. The van der Waals surface area contributed by atoms with E-state index in [0.29, 0.717) is 5.76 Å². The second-order valence-corrected chi connectivity index (χ2v) is 3.06. The molecule has 5 nitrogen and oxygen atoms in total. The molecule has 5 heteroatoms. The Morgan fingerprint density at radius 1 is 1.77 bits per heavy atom. The number of hydrogen-bond acceptors (Lipinski definition) is 4. The van der Waals surface area contributed by atoms with Crippen molar-refractivity contribution in [3.8, 4) is 0 Å². The van der Waals surface area contributed by atoms with Gasteiger partial charge in [-0.25, -0.2) is 9.78 Å². The molecule has 1 aliphatic heterocycles. The lowest BCUT2D eigenvalue weighted by atomic mass is 10.0. The molecule has 0 saturated carbocycles. The van der Waals surface area contributed by atoms with Gasteiger partial charge in [0, 0.05) is 12.5 Å². The molecule has 0 aromatic carbocycles. The van der Waals surface area contributed by atoms with Gasteiger partial charge in [-0.2, -0.15) is 0 Å². The highest BCUT2D eigenvalue weighted by Crippen LogP contribution is 2.24. The van der Waals surface area contributed by atoms with Gasteiger partial charge >= 0.3 is 5.97 Å². The normalized spacial score (nSPS) is 22.0. The fourth-order valence-electron chi connectivity index (χ4n) is 1.58.